The largest absolute Gasteiger partial charge is 0.395 e. The highest BCUT2D eigenvalue weighted by molar-refractivity contribution is 7.99. The molecule has 0 radical (unpaired) electrons. The van der Waals surface area contributed by atoms with Crippen LogP contribution in [0.1, 0.15) is 50.5 Å². The first-order chi connectivity index (χ1) is 19.3. The molecule has 0 unspecified atom stereocenters. The summed E-state index contributed by atoms with van der Waals surface area (Å²) in [4.78, 5) is 16.4. The lowest BCUT2D eigenvalue weighted by atomic mass is 9.84. The first-order valence-corrected chi connectivity index (χ1v) is 15.3. The van der Waals surface area contributed by atoms with Crippen LogP contribution < -0.4 is 10.5 Å². The Hall–Kier alpha value is -2.36. The number of methoxy groups -OCH3 is 2. The average Bonchev–Trinajstić information content (AvgIpc) is 2.95. The third-order valence-corrected chi connectivity index (χ3v) is 9.02. The predicted molar refractivity (Wildman–Crippen MR) is 156 cm³/mol. The molecule has 1 saturated carbocycles. The topological polar surface area (TPSA) is 101 Å². The summed E-state index contributed by atoms with van der Waals surface area (Å²) >= 11 is 2.76. The van der Waals surface area contributed by atoms with Gasteiger partial charge in [0.05, 0.1) is 17.4 Å². The number of thioether (sulfide) groups is 1. The third kappa shape index (κ3) is 9.35. The van der Waals surface area contributed by atoms with Crippen LogP contribution in [0.2, 0.25) is 0 Å². The highest BCUT2D eigenvalue weighted by atomic mass is 32.2. The van der Waals surface area contributed by atoms with Gasteiger partial charge in [0, 0.05) is 37.1 Å². The molecule has 4 rings (SSSR count). The Labute approximate surface area is 244 Å². The second kappa shape index (κ2) is 16.2. The maximum atomic E-state index is 13.6. The van der Waals surface area contributed by atoms with Gasteiger partial charge in [-0.05, 0) is 86.3 Å². The van der Waals surface area contributed by atoms with E-state index in [-0.39, 0.29) is 23.0 Å². The van der Waals surface area contributed by atoms with Crippen molar-refractivity contribution in [1.29, 1.82) is 5.26 Å². The minimum Gasteiger partial charge on any atom is -0.395 e. The molecule has 2 aliphatic rings. The lowest BCUT2D eigenvalue weighted by molar-refractivity contribution is -0.145. The highest BCUT2D eigenvalue weighted by Crippen LogP contribution is 2.33. The van der Waals surface area contributed by atoms with Gasteiger partial charge in [0.15, 0.2) is 0 Å². The van der Waals surface area contributed by atoms with Crippen LogP contribution in [0.15, 0.2) is 46.2 Å². The number of nitrogens with two attached hydrogens (primary N) is 1. The van der Waals surface area contributed by atoms with E-state index in [9.17, 15) is 13.6 Å². The van der Waals surface area contributed by atoms with Gasteiger partial charge in [-0.2, -0.15) is 5.26 Å². The van der Waals surface area contributed by atoms with Crippen molar-refractivity contribution in [1.82, 2.24) is 9.62 Å². The van der Waals surface area contributed by atoms with Crippen molar-refractivity contribution < 1.29 is 23.0 Å². The number of nitrogens with zero attached hydrogens (tertiary/aromatic N) is 2. The molecular formula is C29H38F2N4O3S2. The molecule has 3 N–H and O–H groups in total. The standard InChI is InChI=1S/C15H18FN3O2S.C14H20FNOS/c1-21-15(5-3-2-4-6-15)14(20)19-22-11-7-10(9-17)13(18)12(16)8-11;1-17-13-10-16(11-13)8-2-3-9-18-14-6-4-12(15)5-7-14/h7-8H,2-6,18H2,1H3,(H,19,20);4-7,13H,2-3,8-11H2,1H3. The van der Waals surface area contributed by atoms with Crippen LogP contribution >= 0.6 is 23.7 Å². The zero-order chi connectivity index (χ0) is 29.0. The molecule has 1 heterocycles. The zero-order valence-electron chi connectivity index (χ0n) is 23.1. The van der Waals surface area contributed by atoms with Gasteiger partial charge in [0.1, 0.15) is 23.3 Å². The van der Waals surface area contributed by atoms with Gasteiger partial charge in [-0.25, -0.2) is 8.78 Å². The Bertz CT molecular complexity index is 1140. The van der Waals surface area contributed by atoms with E-state index in [1.54, 1.807) is 18.9 Å². The van der Waals surface area contributed by atoms with E-state index < -0.39 is 11.4 Å². The molecule has 0 atom stereocenters. The van der Waals surface area contributed by atoms with Gasteiger partial charge in [-0.15, -0.1) is 11.8 Å². The molecule has 11 heteroatoms. The van der Waals surface area contributed by atoms with Crippen molar-refractivity contribution >= 4 is 35.3 Å². The molecule has 1 saturated heterocycles. The van der Waals surface area contributed by atoms with Crippen LogP contribution in [0.25, 0.3) is 0 Å². The smallest absolute Gasteiger partial charge is 0.262 e. The molecule has 2 aromatic rings. The van der Waals surface area contributed by atoms with E-state index in [0.717, 1.165) is 54.9 Å². The Balaban J connectivity index is 0.000000225. The summed E-state index contributed by atoms with van der Waals surface area (Å²) in [5.74, 6) is 0.0443. The molecule has 1 aliphatic heterocycles. The number of benzene rings is 2. The van der Waals surface area contributed by atoms with Gasteiger partial charge < -0.3 is 15.2 Å². The summed E-state index contributed by atoms with van der Waals surface area (Å²) in [7, 11) is 3.31. The first-order valence-electron chi connectivity index (χ1n) is 13.5. The number of amides is 1. The molecular weight excluding hydrogens is 554 g/mol. The molecule has 0 aromatic heterocycles. The van der Waals surface area contributed by atoms with Crippen molar-refractivity contribution in [3.8, 4) is 6.07 Å². The molecule has 7 nitrogen and oxygen atoms in total. The van der Waals surface area contributed by atoms with Gasteiger partial charge in [-0.1, -0.05) is 19.3 Å². The Morgan fingerprint density at radius 2 is 1.82 bits per heavy atom. The fourth-order valence-electron chi connectivity index (χ4n) is 4.60. The van der Waals surface area contributed by atoms with Crippen LogP contribution in [0.4, 0.5) is 14.5 Å². The number of anilines is 1. The first kappa shape index (κ1) is 32.2. The Morgan fingerprint density at radius 3 is 2.45 bits per heavy atom. The summed E-state index contributed by atoms with van der Waals surface area (Å²) in [6, 6.07) is 11.2. The number of carbonyl (C=O) groups is 1. The Kier molecular flexibility index (Phi) is 13.0. The molecule has 40 heavy (non-hydrogen) atoms. The molecule has 0 bridgehead atoms. The van der Waals surface area contributed by atoms with Crippen LogP contribution in [0, 0.1) is 23.0 Å². The molecule has 218 valence electrons. The third-order valence-electron chi connectivity index (χ3n) is 7.16. The quantitative estimate of drug-likeness (QED) is 0.147. The van der Waals surface area contributed by atoms with E-state index in [1.165, 1.54) is 50.8 Å². The number of unbranched alkanes of at least 4 members (excludes halogenated alkanes) is 1. The number of hydrogen-bond acceptors (Lipinski definition) is 8. The van der Waals surface area contributed by atoms with Crippen LogP contribution in [0.5, 0.6) is 0 Å². The molecule has 1 aliphatic carbocycles. The number of carbonyl (C=O) groups excluding carboxylic acids is 1. The molecule has 0 spiro atoms. The Morgan fingerprint density at radius 1 is 1.12 bits per heavy atom. The predicted octanol–water partition coefficient (Wildman–Crippen LogP) is 5.78. The van der Waals surface area contributed by atoms with E-state index >= 15 is 0 Å². The number of halogens is 2. The van der Waals surface area contributed by atoms with E-state index in [0.29, 0.717) is 23.8 Å². The van der Waals surface area contributed by atoms with Crippen LogP contribution in [-0.2, 0) is 14.3 Å². The number of nitrogen functional groups attached to an aromatic ring is 1. The number of nitriles is 1. The fraction of sp³-hybridized carbons (Fsp3) is 0.517. The van der Waals surface area contributed by atoms with Crippen molar-refractivity contribution in [2.75, 3.05) is 45.3 Å². The van der Waals surface area contributed by atoms with E-state index in [2.05, 4.69) is 9.62 Å². The monoisotopic (exact) mass is 592 g/mol. The maximum absolute atomic E-state index is 13.6. The maximum Gasteiger partial charge on any atom is 0.262 e. The average molecular weight is 593 g/mol. The molecule has 2 aromatic carbocycles. The summed E-state index contributed by atoms with van der Waals surface area (Å²) < 4.78 is 39.7. The van der Waals surface area contributed by atoms with Crippen molar-refractivity contribution in [3.63, 3.8) is 0 Å². The number of rotatable bonds is 11. The van der Waals surface area contributed by atoms with Crippen molar-refractivity contribution in [2.45, 2.75) is 66.4 Å². The summed E-state index contributed by atoms with van der Waals surface area (Å²) in [5.41, 5.74) is 4.52. The van der Waals surface area contributed by atoms with Crippen LogP contribution in [0.3, 0.4) is 0 Å². The molecule has 2 fully saturated rings. The zero-order valence-corrected chi connectivity index (χ0v) is 24.7. The second-order valence-electron chi connectivity index (χ2n) is 9.90. The van der Waals surface area contributed by atoms with Gasteiger partial charge in [0.25, 0.3) is 5.91 Å². The lowest BCUT2D eigenvalue weighted by Gasteiger charge is -2.38. The fourth-order valence-corrected chi connectivity index (χ4v) is 6.25. The SMILES string of the molecule is COC1(C(=O)NSc2cc(F)c(N)c(C#N)c2)CCCCC1.COC1CN(CCCCSc2ccc(F)cc2)C1. The van der Waals surface area contributed by atoms with E-state index in [4.69, 9.17) is 20.5 Å². The number of ether oxygens (including phenoxy) is 2. The molecule has 1 amide bonds. The minimum absolute atomic E-state index is 0.0517. The van der Waals surface area contributed by atoms with E-state index in [1.807, 2.05) is 18.2 Å². The minimum atomic E-state index is -0.810. The van der Waals surface area contributed by atoms with Crippen LogP contribution in [-0.4, -0.2) is 62.1 Å². The van der Waals surface area contributed by atoms with Crippen molar-refractivity contribution in [3.05, 3.63) is 53.6 Å². The number of likely N-dealkylation sites (tertiary alicyclic amines) is 1. The lowest BCUT2D eigenvalue weighted by Crippen LogP contribution is -2.51. The van der Waals surface area contributed by atoms with Gasteiger partial charge >= 0.3 is 0 Å². The highest BCUT2D eigenvalue weighted by Gasteiger charge is 2.39. The van der Waals surface area contributed by atoms with Crippen molar-refractivity contribution in [2.24, 2.45) is 0 Å². The summed E-state index contributed by atoms with van der Waals surface area (Å²) in [5, 5.41) is 8.91. The number of nitrogens with one attached hydrogen (secondary N) is 1. The summed E-state index contributed by atoms with van der Waals surface area (Å²) in [6.45, 7) is 3.34. The number of hydrogen-bond donors (Lipinski definition) is 2. The van der Waals surface area contributed by atoms with Gasteiger partial charge in [0.2, 0.25) is 0 Å². The van der Waals surface area contributed by atoms with Gasteiger partial charge in [-0.3, -0.25) is 14.4 Å². The second-order valence-corrected chi connectivity index (χ2v) is 11.9. The normalized spacial score (nSPS) is 16.8. The summed E-state index contributed by atoms with van der Waals surface area (Å²) in [6.07, 6.45) is 7.23.